The number of hydrogen-bond donors (Lipinski definition) is 3. The van der Waals surface area contributed by atoms with Gasteiger partial charge in [0.05, 0.1) is 18.8 Å². The normalized spacial score (nSPS) is 12.5. The summed E-state index contributed by atoms with van der Waals surface area (Å²) in [6.07, 6.45) is 87.4. The molecule has 0 aromatic carbocycles. The lowest BCUT2D eigenvalue weighted by molar-refractivity contribution is -0.123. The molecule has 74 heavy (non-hydrogen) atoms. The number of hydrogen-bond acceptors (Lipinski definition) is 3. The second kappa shape index (κ2) is 66.7. The quantitative estimate of drug-likeness (QED) is 0.0532. The van der Waals surface area contributed by atoms with Crippen LogP contribution >= 0.6 is 0 Å². The Morgan fingerprint density at radius 3 is 0.608 bits per heavy atom. The van der Waals surface area contributed by atoms with Crippen LogP contribution in [-0.4, -0.2) is 34.9 Å². The van der Waals surface area contributed by atoms with Crippen LogP contribution in [-0.2, 0) is 4.79 Å². The maximum atomic E-state index is 12.6. The van der Waals surface area contributed by atoms with E-state index in [0.717, 1.165) is 25.7 Å². The lowest BCUT2D eigenvalue weighted by Gasteiger charge is -2.22. The second-order valence-electron chi connectivity index (χ2n) is 24.7. The minimum atomic E-state index is -0.656. The Hall–Kier alpha value is -0.610. The third-order valence-corrected chi connectivity index (χ3v) is 17.1. The van der Waals surface area contributed by atoms with E-state index in [4.69, 9.17) is 0 Å². The summed E-state index contributed by atoms with van der Waals surface area (Å²) in [5, 5.41) is 23.5. The molecular weight excluding hydrogens is 903 g/mol. The molecule has 0 aliphatic rings. The summed E-state index contributed by atoms with van der Waals surface area (Å²) in [6.45, 7) is 4.42. The number of carbonyl (C=O) groups is 1. The third kappa shape index (κ3) is 62.2. The number of nitrogens with one attached hydrogen (secondary N) is 1. The lowest BCUT2D eigenvalue weighted by Crippen LogP contribution is -2.45. The smallest absolute Gasteiger partial charge is 0.220 e. The summed E-state index contributed by atoms with van der Waals surface area (Å²) in [7, 11) is 0. The highest BCUT2D eigenvalue weighted by Crippen LogP contribution is 2.20. The van der Waals surface area contributed by atoms with Gasteiger partial charge in [-0.1, -0.05) is 406 Å². The van der Waals surface area contributed by atoms with E-state index in [1.807, 2.05) is 0 Å². The van der Waals surface area contributed by atoms with Crippen molar-refractivity contribution >= 4 is 5.91 Å². The van der Waals surface area contributed by atoms with Gasteiger partial charge in [0.25, 0.3) is 0 Å². The van der Waals surface area contributed by atoms with Gasteiger partial charge in [0.15, 0.2) is 0 Å². The molecule has 0 rings (SSSR count). The molecule has 1 amide bonds. The number of unbranched alkanes of at least 4 members (excludes halogenated alkanes) is 60. The Labute approximate surface area is 467 Å². The van der Waals surface area contributed by atoms with E-state index < -0.39 is 12.1 Å². The predicted molar refractivity (Wildman–Crippen MR) is 332 cm³/mol. The molecule has 0 bridgehead atoms. The molecule has 0 aliphatic carbocycles. The third-order valence-electron chi connectivity index (χ3n) is 17.1. The van der Waals surface area contributed by atoms with Gasteiger partial charge in [0.1, 0.15) is 0 Å². The molecule has 0 radical (unpaired) electrons. The Kier molecular flexibility index (Phi) is 66.1. The van der Waals surface area contributed by atoms with E-state index in [2.05, 4.69) is 19.2 Å². The molecule has 444 valence electrons. The Morgan fingerprint density at radius 1 is 0.270 bits per heavy atom. The first-order chi connectivity index (χ1) is 36.7. The average Bonchev–Trinajstić information content (AvgIpc) is 3.40. The van der Waals surface area contributed by atoms with Crippen molar-refractivity contribution in [3.63, 3.8) is 0 Å². The maximum Gasteiger partial charge on any atom is 0.220 e. The summed E-state index contributed by atoms with van der Waals surface area (Å²) in [4.78, 5) is 12.6. The van der Waals surface area contributed by atoms with Crippen molar-refractivity contribution in [2.45, 2.75) is 437 Å². The van der Waals surface area contributed by atoms with Crippen LogP contribution in [0.15, 0.2) is 0 Å². The SMILES string of the molecule is CCCCCCCCCCCCCCCCCCCCCCCCCCCCCCCCCCCCC(=O)NC(CO)C(O)CCCCCCCCCCCCCCCCCCCCCCCCCCCCCC. The highest BCUT2D eigenvalue weighted by molar-refractivity contribution is 5.76. The monoisotopic (exact) mass is 1040 g/mol. The molecule has 0 fully saturated rings. The average molecular weight is 1040 g/mol. The minimum absolute atomic E-state index is 0.0191. The first kappa shape index (κ1) is 73.4. The fourth-order valence-electron chi connectivity index (χ4n) is 11.8. The molecule has 0 saturated carbocycles. The van der Waals surface area contributed by atoms with E-state index >= 15 is 0 Å². The number of carbonyl (C=O) groups excluding carboxylic acids is 1. The molecular formula is C70H141NO3. The molecule has 3 N–H and O–H groups in total. The summed E-state index contributed by atoms with van der Waals surface area (Å²) < 4.78 is 0. The van der Waals surface area contributed by atoms with Crippen molar-refractivity contribution < 1.29 is 15.0 Å². The zero-order chi connectivity index (χ0) is 53.4. The fraction of sp³-hybridized carbons (Fsp3) is 0.986. The van der Waals surface area contributed by atoms with E-state index in [1.54, 1.807) is 0 Å². The Morgan fingerprint density at radius 2 is 0.432 bits per heavy atom. The van der Waals surface area contributed by atoms with Crippen LogP contribution < -0.4 is 5.32 Å². The maximum absolute atomic E-state index is 12.6. The summed E-state index contributed by atoms with van der Waals surface area (Å²) in [6, 6.07) is -0.533. The van der Waals surface area contributed by atoms with Crippen LogP contribution in [0.3, 0.4) is 0 Å². The number of aliphatic hydroxyl groups is 2. The van der Waals surface area contributed by atoms with Gasteiger partial charge in [0.2, 0.25) is 5.91 Å². The number of rotatable bonds is 67. The molecule has 4 heteroatoms. The van der Waals surface area contributed by atoms with Crippen molar-refractivity contribution in [2.24, 2.45) is 0 Å². The minimum Gasteiger partial charge on any atom is -0.394 e. The van der Waals surface area contributed by atoms with Crippen LogP contribution in [0.1, 0.15) is 425 Å². The van der Waals surface area contributed by atoms with Crippen LogP contribution in [0, 0.1) is 0 Å². The second-order valence-corrected chi connectivity index (χ2v) is 24.7. The van der Waals surface area contributed by atoms with E-state index in [-0.39, 0.29) is 12.5 Å². The van der Waals surface area contributed by atoms with Gasteiger partial charge < -0.3 is 15.5 Å². The molecule has 0 saturated heterocycles. The molecule has 0 aromatic rings. The van der Waals surface area contributed by atoms with Crippen molar-refractivity contribution in [3.8, 4) is 0 Å². The molecule has 0 spiro atoms. The summed E-state index contributed by atoms with van der Waals surface area (Å²) in [5.74, 6) is -0.0191. The van der Waals surface area contributed by atoms with E-state index in [0.29, 0.717) is 12.8 Å². The number of amides is 1. The van der Waals surface area contributed by atoms with Crippen LogP contribution in [0.5, 0.6) is 0 Å². The molecule has 2 atom stereocenters. The highest BCUT2D eigenvalue weighted by atomic mass is 16.3. The van der Waals surface area contributed by atoms with E-state index in [1.165, 1.54) is 372 Å². The van der Waals surface area contributed by atoms with Gasteiger partial charge in [-0.3, -0.25) is 4.79 Å². The molecule has 2 unspecified atom stereocenters. The fourth-order valence-corrected chi connectivity index (χ4v) is 11.8. The molecule has 0 aromatic heterocycles. The van der Waals surface area contributed by atoms with Crippen molar-refractivity contribution in [1.29, 1.82) is 0 Å². The van der Waals surface area contributed by atoms with Gasteiger partial charge in [-0.2, -0.15) is 0 Å². The number of aliphatic hydroxyl groups excluding tert-OH is 2. The van der Waals surface area contributed by atoms with Crippen LogP contribution in [0.25, 0.3) is 0 Å². The zero-order valence-corrected chi connectivity index (χ0v) is 51.4. The van der Waals surface area contributed by atoms with Crippen molar-refractivity contribution in [1.82, 2.24) is 5.32 Å². The highest BCUT2D eigenvalue weighted by Gasteiger charge is 2.20. The van der Waals surface area contributed by atoms with Crippen LogP contribution in [0.2, 0.25) is 0 Å². The van der Waals surface area contributed by atoms with Crippen molar-refractivity contribution in [3.05, 3.63) is 0 Å². The van der Waals surface area contributed by atoms with Crippen LogP contribution in [0.4, 0.5) is 0 Å². The first-order valence-corrected chi connectivity index (χ1v) is 35.2. The van der Waals surface area contributed by atoms with Gasteiger partial charge in [0, 0.05) is 6.42 Å². The standard InChI is InChI=1S/C70H141NO3/c1-3-5-7-9-11-13-15-17-19-21-23-25-27-29-31-33-34-35-36-37-38-40-42-44-46-48-50-52-54-56-58-60-62-64-66-70(74)71-68(67-72)69(73)65-63-61-59-57-55-53-51-49-47-45-43-41-39-32-30-28-26-24-22-20-18-16-14-12-10-8-6-4-2/h68-69,72-73H,3-67H2,1-2H3,(H,71,74). The molecule has 0 aliphatic heterocycles. The Balaban J connectivity index is 3.35. The summed E-state index contributed by atoms with van der Waals surface area (Å²) in [5.41, 5.74) is 0. The topological polar surface area (TPSA) is 69.6 Å². The predicted octanol–water partition coefficient (Wildman–Crippen LogP) is 23.8. The van der Waals surface area contributed by atoms with Gasteiger partial charge in [-0.15, -0.1) is 0 Å². The van der Waals surface area contributed by atoms with E-state index in [9.17, 15) is 15.0 Å². The zero-order valence-electron chi connectivity index (χ0n) is 51.4. The molecule has 0 heterocycles. The van der Waals surface area contributed by atoms with Crippen molar-refractivity contribution in [2.75, 3.05) is 6.61 Å². The largest absolute Gasteiger partial charge is 0.394 e. The molecule has 4 nitrogen and oxygen atoms in total. The van der Waals surface area contributed by atoms with Gasteiger partial charge in [-0.25, -0.2) is 0 Å². The van der Waals surface area contributed by atoms with Gasteiger partial charge in [-0.05, 0) is 12.8 Å². The Bertz CT molecular complexity index is 1000. The first-order valence-electron chi connectivity index (χ1n) is 35.2. The summed E-state index contributed by atoms with van der Waals surface area (Å²) >= 11 is 0. The lowest BCUT2D eigenvalue weighted by atomic mass is 10.0. The van der Waals surface area contributed by atoms with Gasteiger partial charge >= 0.3 is 0 Å².